The Morgan fingerprint density at radius 2 is 1.18 bits per heavy atom. The van der Waals surface area contributed by atoms with Gasteiger partial charge >= 0.3 is 0 Å². The quantitative estimate of drug-likeness (QED) is 0.128. The minimum atomic E-state index is 0.613. The largest absolute Gasteiger partial charge is 0.493 e. The van der Waals surface area contributed by atoms with Crippen LogP contribution in [0.25, 0.3) is 0 Å². The van der Waals surface area contributed by atoms with Gasteiger partial charge in [-0.3, -0.25) is 0 Å². The molecule has 0 spiro atoms. The first-order valence-electron chi connectivity index (χ1n) is 16.0. The molecule has 40 heavy (non-hydrogen) atoms. The Hall–Kier alpha value is -2.36. The van der Waals surface area contributed by atoms with Crippen molar-refractivity contribution in [3.05, 3.63) is 53.9 Å². The predicted octanol–water partition coefficient (Wildman–Crippen LogP) is 10.1. The lowest BCUT2D eigenvalue weighted by atomic mass is 10.0. The van der Waals surface area contributed by atoms with E-state index in [0.29, 0.717) is 25.0 Å². The zero-order valence-electron chi connectivity index (χ0n) is 26.4. The number of hydrogen-bond donors (Lipinski definition) is 0. The standard InChI is InChI=1S/C36H57O4/c1-7-9-13-24-37-33-18-15-19-34(38-25-14-10-8-2)32(33)17-12-11-16-31-20-21-35(39-26-22-29(3)4)36(28-31)40-27-23-30(5)6/h12,15,18-21,28-30H,7-11,13-14,16-17,22-27H2,1-6H3. The summed E-state index contributed by atoms with van der Waals surface area (Å²) >= 11 is 0. The zero-order chi connectivity index (χ0) is 29.0. The maximum atomic E-state index is 6.22. The fraction of sp³-hybridized carbons (Fsp3) is 0.639. The van der Waals surface area contributed by atoms with Crippen LogP contribution >= 0.6 is 0 Å². The third kappa shape index (κ3) is 13.8. The van der Waals surface area contributed by atoms with Crippen LogP contribution in [0.15, 0.2) is 36.4 Å². The second-order valence-corrected chi connectivity index (χ2v) is 11.7. The summed E-state index contributed by atoms with van der Waals surface area (Å²) in [5.74, 6) is 4.89. The molecule has 2 aromatic carbocycles. The number of unbranched alkanes of at least 4 members (excludes halogenated alkanes) is 5. The van der Waals surface area contributed by atoms with E-state index in [4.69, 9.17) is 18.9 Å². The van der Waals surface area contributed by atoms with Gasteiger partial charge in [0.2, 0.25) is 0 Å². The minimum absolute atomic E-state index is 0.613. The van der Waals surface area contributed by atoms with Crippen molar-refractivity contribution < 1.29 is 18.9 Å². The summed E-state index contributed by atoms with van der Waals surface area (Å²) in [6.07, 6.45) is 14.1. The number of hydrogen-bond acceptors (Lipinski definition) is 4. The molecule has 0 N–H and O–H groups in total. The van der Waals surface area contributed by atoms with Gasteiger partial charge < -0.3 is 18.9 Å². The lowest BCUT2D eigenvalue weighted by Gasteiger charge is -2.17. The van der Waals surface area contributed by atoms with Crippen LogP contribution in [0.3, 0.4) is 0 Å². The van der Waals surface area contributed by atoms with Crippen LogP contribution in [0.5, 0.6) is 23.0 Å². The number of ether oxygens (including phenoxy) is 4. The number of aryl methyl sites for hydroxylation is 1. The van der Waals surface area contributed by atoms with Crippen molar-refractivity contribution >= 4 is 0 Å². The first-order valence-corrected chi connectivity index (χ1v) is 16.0. The molecule has 2 rings (SSSR count). The predicted molar refractivity (Wildman–Crippen MR) is 169 cm³/mol. The van der Waals surface area contributed by atoms with E-state index in [1.807, 2.05) is 0 Å². The van der Waals surface area contributed by atoms with Crippen molar-refractivity contribution in [2.75, 3.05) is 26.4 Å². The Morgan fingerprint density at radius 3 is 1.73 bits per heavy atom. The molecule has 2 aromatic rings. The van der Waals surface area contributed by atoms with Crippen LogP contribution in [-0.4, -0.2) is 26.4 Å². The summed E-state index contributed by atoms with van der Waals surface area (Å²) in [5, 5.41) is 0. The van der Waals surface area contributed by atoms with Gasteiger partial charge in [-0.1, -0.05) is 79.4 Å². The molecule has 0 atom stereocenters. The summed E-state index contributed by atoms with van der Waals surface area (Å²) < 4.78 is 24.7. The Bertz CT molecular complexity index is 891. The summed E-state index contributed by atoms with van der Waals surface area (Å²) in [5.41, 5.74) is 2.44. The summed E-state index contributed by atoms with van der Waals surface area (Å²) in [6, 6.07) is 12.7. The smallest absolute Gasteiger partial charge is 0.161 e. The zero-order valence-corrected chi connectivity index (χ0v) is 26.4. The molecule has 0 fully saturated rings. The fourth-order valence-corrected chi connectivity index (χ4v) is 4.35. The normalized spacial score (nSPS) is 11.3. The molecule has 4 heteroatoms. The summed E-state index contributed by atoms with van der Waals surface area (Å²) in [7, 11) is 0. The van der Waals surface area contributed by atoms with Gasteiger partial charge in [-0.2, -0.15) is 0 Å². The maximum absolute atomic E-state index is 6.22. The molecule has 0 unspecified atom stereocenters. The third-order valence-electron chi connectivity index (χ3n) is 7.00. The molecule has 0 amide bonds. The van der Waals surface area contributed by atoms with E-state index in [-0.39, 0.29) is 0 Å². The second kappa shape index (κ2) is 20.5. The Balaban J connectivity index is 2.02. The van der Waals surface area contributed by atoms with Gasteiger partial charge in [-0.15, -0.1) is 0 Å². The van der Waals surface area contributed by atoms with Crippen molar-refractivity contribution in [1.29, 1.82) is 0 Å². The van der Waals surface area contributed by atoms with Gasteiger partial charge in [0.05, 0.1) is 26.4 Å². The van der Waals surface area contributed by atoms with Crippen LogP contribution in [0, 0.1) is 18.3 Å². The summed E-state index contributed by atoms with van der Waals surface area (Å²) in [4.78, 5) is 0. The van der Waals surface area contributed by atoms with Gasteiger partial charge in [0, 0.05) is 5.56 Å². The van der Waals surface area contributed by atoms with Crippen LogP contribution in [0.4, 0.5) is 0 Å². The highest BCUT2D eigenvalue weighted by Crippen LogP contribution is 2.32. The molecule has 4 nitrogen and oxygen atoms in total. The van der Waals surface area contributed by atoms with E-state index in [1.54, 1.807) is 0 Å². The van der Waals surface area contributed by atoms with Gasteiger partial charge in [0.15, 0.2) is 11.5 Å². The Labute approximate surface area is 246 Å². The number of benzene rings is 2. The first-order chi connectivity index (χ1) is 19.4. The van der Waals surface area contributed by atoms with Crippen LogP contribution < -0.4 is 18.9 Å². The molecular formula is C36H57O4. The van der Waals surface area contributed by atoms with Crippen molar-refractivity contribution in [1.82, 2.24) is 0 Å². The third-order valence-corrected chi connectivity index (χ3v) is 7.00. The second-order valence-electron chi connectivity index (χ2n) is 11.7. The van der Waals surface area contributed by atoms with Crippen molar-refractivity contribution in [3.8, 4) is 23.0 Å². The van der Waals surface area contributed by atoms with E-state index in [0.717, 1.165) is 81.2 Å². The fourth-order valence-electron chi connectivity index (χ4n) is 4.35. The van der Waals surface area contributed by atoms with Crippen LogP contribution in [0.1, 0.15) is 110 Å². The van der Waals surface area contributed by atoms with Crippen LogP contribution in [0.2, 0.25) is 0 Å². The first kappa shape index (κ1) is 33.8. The Kier molecular flexibility index (Phi) is 17.4. The minimum Gasteiger partial charge on any atom is -0.493 e. The monoisotopic (exact) mass is 553 g/mol. The topological polar surface area (TPSA) is 36.9 Å². The molecule has 0 bridgehead atoms. The van der Waals surface area contributed by atoms with Gasteiger partial charge in [0.25, 0.3) is 0 Å². The van der Waals surface area contributed by atoms with E-state index in [9.17, 15) is 0 Å². The SMILES string of the molecule is CCCCCOc1cccc(OCCCCC)c1C[CH]CCc1ccc(OCCC(C)C)c(OCCC(C)C)c1. The number of rotatable bonds is 23. The van der Waals surface area contributed by atoms with Crippen molar-refractivity contribution in [3.63, 3.8) is 0 Å². The highest BCUT2D eigenvalue weighted by Gasteiger charge is 2.13. The molecule has 0 saturated carbocycles. The van der Waals surface area contributed by atoms with E-state index < -0.39 is 0 Å². The maximum Gasteiger partial charge on any atom is 0.161 e. The molecule has 225 valence electrons. The van der Waals surface area contributed by atoms with Gasteiger partial charge in [-0.05, 0) is 93.0 Å². The van der Waals surface area contributed by atoms with Crippen molar-refractivity contribution in [2.24, 2.45) is 11.8 Å². The summed E-state index contributed by atoms with van der Waals surface area (Å²) in [6.45, 7) is 16.3. The molecule has 1 radical (unpaired) electrons. The van der Waals surface area contributed by atoms with Crippen molar-refractivity contribution in [2.45, 2.75) is 112 Å². The molecule has 0 saturated heterocycles. The highest BCUT2D eigenvalue weighted by molar-refractivity contribution is 5.46. The van der Waals surface area contributed by atoms with E-state index in [2.05, 4.69) is 84.4 Å². The molecule has 0 aliphatic carbocycles. The molecule has 0 aliphatic heterocycles. The molecule has 0 aromatic heterocycles. The molecular weight excluding hydrogens is 496 g/mol. The van der Waals surface area contributed by atoms with E-state index >= 15 is 0 Å². The molecule has 0 aliphatic rings. The van der Waals surface area contributed by atoms with Gasteiger partial charge in [-0.25, -0.2) is 0 Å². The Morgan fingerprint density at radius 1 is 0.625 bits per heavy atom. The average molecular weight is 554 g/mol. The lowest BCUT2D eigenvalue weighted by molar-refractivity contribution is 0.246. The highest BCUT2D eigenvalue weighted by atomic mass is 16.5. The van der Waals surface area contributed by atoms with E-state index in [1.165, 1.54) is 36.8 Å². The average Bonchev–Trinajstić information content (AvgIpc) is 2.93. The van der Waals surface area contributed by atoms with Crippen LogP contribution in [-0.2, 0) is 12.8 Å². The lowest BCUT2D eigenvalue weighted by Crippen LogP contribution is -2.06. The van der Waals surface area contributed by atoms with Gasteiger partial charge in [0.1, 0.15) is 11.5 Å². The molecule has 0 heterocycles.